The zero-order valence-corrected chi connectivity index (χ0v) is 22.2. The monoisotopic (exact) mass is 563 g/mol. The molecular formula is C28H26BrN3O3S. The smallest absolute Gasteiger partial charge is 0.362 e. The Hall–Kier alpha value is -3.49. The van der Waals surface area contributed by atoms with Gasteiger partial charge in [0.1, 0.15) is 17.8 Å². The molecule has 3 aromatic carbocycles. The van der Waals surface area contributed by atoms with Crippen molar-refractivity contribution >= 4 is 44.1 Å². The van der Waals surface area contributed by atoms with Crippen LogP contribution in [0.5, 0.6) is 0 Å². The Kier molecular flexibility index (Phi) is 8.86. The number of anilines is 1. The number of esters is 1. The van der Waals surface area contributed by atoms with Gasteiger partial charge in [0.15, 0.2) is 5.13 Å². The van der Waals surface area contributed by atoms with Gasteiger partial charge in [-0.2, -0.15) is 0 Å². The number of benzene rings is 3. The Morgan fingerprint density at radius 3 is 1.94 bits per heavy atom. The number of nitrogens with zero attached hydrogens (tertiary/aromatic N) is 2. The van der Waals surface area contributed by atoms with Crippen LogP contribution in [-0.2, 0) is 19.9 Å². The molecule has 6 nitrogen and oxygen atoms in total. The number of oxime groups is 1. The van der Waals surface area contributed by atoms with Crippen LogP contribution in [0.4, 0.5) is 5.13 Å². The maximum atomic E-state index is 12.6. The number of hydrogen-bond donors (Lipinski definition) is 1. The average molecular weight is 565 g/mol. The lowest BCUT2D eigenvalue weighted by Crippen LogP contribution is -2.38. The Balaban J connectivity index is 1.82. The van der Waals surface area contributed by atoms with Crippen molar-refractivity contribution in [2.45, 2.75) is 12.5 Å². The summed E-state index contributed by atoms with van der Waals surface area (Å²) in [7, 11) is 0. The van der Waals surface area contributed by atoms with E-state index in [4.69, 9.17) is 14.6 Å². The first-order valence-corrected chi connectivity index (χ1v) is 13.5. The van der Waals surface area contributed by atoms with Gasteiger partial charge in [-0.25, -0.2) is 9.78 Å². The van der Waals surface area contributed by atoms with E-state index in [0.29, 0.717) is 22.8 Å². The van der Waals surface area contributed by atoms with E-state index < -0.39 is 11.5 Å². The van der Waals surface area contributed by atoms with Gasteiger partial charge in [-0.3, -0.25) is 0 Å². The van der Waals surface area contributed by atoms with Crippen molar-refractivity contribution in [3.63, 3.8) is 0 Å². The molecular weight excluding hydrogens is 538 g/mol. The van der Waals surface area contributed by atoms with Crippen molar-refractivity contribution in [3.05, 3.63) is 119 Å². The number of nitrogens with one attached hydrogen (secondary N) is 1. The summed E-state index contributed by atoms with van der Waals surface area (Å²) in [6, 6.07) is 30.7. The highest BCUT2D eigenvalue weighted by Gasteiger charge is 2.37. The van der Waals surface area contributed by atoms with Crippen molar-refractivity contribution < 1.29 is 14.4 Å². The largest absolute Gasteiger partial charge is 0.461 e. The molecule has 1 aromatic heterocycles. The van der Waals surface area contributed by atoms with Crippen LogP contribution < -0.4 is 5.32 Å². The first-order valence-electron chi connectivity index (χ1n) is 11.5. The van der Waals surface area contributed by atoms with E-state index in [-0.39, 0.29) is 12.3 Å². The van der Waals surface area contributed by atoms with Crippen LogP contribution in [0.3, 0.4) is 0 Å². The number of ether oxygens (including phenoxy) is 1. The summed E-state index contributed by atoms with van der Waals surface area (Å²) in [5.74, 6) is -0.579. The van der Waals surface area contributed by atoms with Gasteiger partial charge in [0.25, 0.3) is 0 Å². The molecule has 0 fully saturated rings. The number of hydrogen-bond acceptors (Lipinski definition) is 7. The summed E-state index contributed by atoms with van der Waals surface area (Å²) in [5, 5.41) is 10.7. The van der Waals surface area contributed by atoms with E-state index >= 15 is 0 Å². The molecule has 8 heteroatoms. The predicted molar refractivity (Wildman–Crippen MR) is 148 cm³/mol. The Morgan fingerprint density at radius 2 is 1.47 bits per heavy atom. The molecule has 0 atom stereocenters. The zero-order valence-electron chi connectivity index (χ0n) is 19.8. The fraction of sp³-hybridized carbons (Fsp3) is 0.179. The van der Waals surface area contributed by atoms with Crippen molar-refractivity contribution in [2.24, 2.45) is 5.16 Å². The Labute approximate surface area is 223 Å². The molecule has 1 heterocycles. The minimum atomic E-state index is -0.730. The fourth-order valence-electron chi connectivity index (χ4n) is 3.91. The number of carbonyl (C=O) groups excluding carboxylic acids is 1. The molecule has 0 radical (unpaired) electrons. The molecule has 0 saturated carbocycles. The Bertz CT molecular complexity index is 1180. The minimum Gasteiger partial charge on any atom is -0.461 e. The zero-order chi connectivity index (χ0) is 25.2. The normalized spacial score (nSPS) is 11.7. The minimum absolute atomic E-state index is 0.0341. The quantitative estimate of drug-likeness (QED) is 0.0585. The van der Waals surface area contributed by atoms with Crippen LogP contribution >= 0.6 is 27.3 Å². The van der Waals surface area contributed by atoms with Crippen LogP contribution in [0.15, 0.2) is 102 Å². The average Bonchev–Trinajstić information content (AvgIpc) is 3.39. The molecule has 184 valence electrons. The standard InChI is InChI=1S/C28H26BrN3O3S/c1-2-34-26(33)25(32-35-19-18-29)24-20-36-27(30-24)31-28(21-12-6-3-7-13-21,22-14-8-4-9-15-22)23-16-10-5-11-17-23/h3-17,20H,2,18-19H2,1H3,(H,30,31). The van der Waals surface area contributed by atoms with E-state index in [1.165, 1.54) is 11.3 Å². The second kappa shape index (κ2) is 12.5. The number of alkyl halides is 1. The number of halogens is 1. The van der Waals surface area contributed by atoms with E-state index in [1.54, 1.807) is 12.3 Å². The van der Waals surface area contributed by atoms with Crippen LogP contribution in [0.25, 0.3) is 0 Å². The van der Waals surface area contributed by atoms with E-state index in [0.717, 1.165) is 16.7 Å². The van der Waals surface area contributed by atoms with Gasteiger partial charge in [-0.05, 0) is 23.6 Å². The van der Waals surface area contributed by atoms with Gasteiger partial charge >= 0.3 is 5.97 Å². The second-order valence-corrected chi connectivity index (χ2v) is 9.34. The summed E-state index contributed by atoms with van der Waals surface area (Å²) in [4.78, 5) is 22.6. The third-order valence-electron chi connectivity index (χ3n) is 5.45. The molecule has 0 aliphatic carbocycles. The van der Waals surface area contributed by atoms with Gasteiger partial charge in [-0.1, -0.05) is 112 Å². The van der Waals surface area contributed by atoms with E-state index in [1.807, 2.05) is 54.6 Å². The molecule has 0 aliphatic heterocycles. The fourth-order valence-corrected chi connectivity index (χ4v) is 4.81. The number of rotatable bonds is 11. The molecule has 1 N–H and O–H groups in total. The SMILES string of the molecule is CCOC(=O)C(=NOCCBr)c1csc(NC(c2ccccc2)(c2ccccc2)c2ccccc2)n1. The van der Waals surface area contributed by atoms with Crippen molar-refractivity contribution in [1.82, 2.24) is 4.98 Å². The number of carbonyl (C=O) groups is 1. The lowest BCUT2D eigenvalue weighted by molar-refractivity contribution is -0.135. The molecule has 0 unspecified atom stereocenters. The highest BCUT2D eigenvalue weighted by molar-refractivity contribution is 9.09. The highest BCUT2D eigenvalue weighted by Crippen LogP contribution is 2.40. The third kappa shape index (κ3) is 5.66. The number of aromatic nitrogens is 1. The molecule has 4 rings (SSSR count). The topological polar surface area (TPSA) is 72.8 Å². The summed E-state index contributed by atoms with van der Waals surface area (Å²) in [6.07, 6.45) is 0. The summed E-state index contributed by atoms with van der Waals surface area (Å²) >= 11 is 4.68. The van der Waals surface area contributed by atoms with Gasteiger partial charge in [0.05, 0.1) is 6.61 Å². The number of thiazole rings is 1. The molecule has 36 heavy (non-hydrogen) atoms. The van der Waals surface area contributed by atoms with Gasteiger partial charge < -0.3 is 14.9 Å². The van der Waals surface area contributed by atoms with Crippen molar-refractivity contribution in [3.8, 4) is 0 Å². The predicted octanol–water partition coefficient (Wildman–Crippen LogP) is 6.23. The van der Waals surface area contributed by atoms with Gasteiger partial charge in [0, 0.05) is 10.7 Å². The second-order valence-electron chi connectivity index (χ2n) is 7.69. The molecule has 0 amide bonds. The molecule has 0 bridgehead atoms. The van der Waals surface area contributed by atoms with Gasteiger partial charge in [-0.15, -0.1) is 11.3 Å². The molecule has 4 aromatic rings. The maximum Gasteiger partial charge on any atom is 0.362 e. The van der Waals surface area contributed by atoms with Crippen LogP contribution in [0.2, 0.25) is 0 Å². The first-order chi connectivity index (χ1) is 17.7. The summed E-state index contributed by atoms with van der Waals surface area (Å²) in [5.41, 5.74) is 2.86. The van der Waals surface area contributed by atoms with Crippen LogP contribution in [-0.4, -0.2) is 35.2 Å². The highest BCUT2D eigenvalue weighted by atomic mass is 79.9. The third-order valence-corrected chi connectivity index (χ3v) is 6.54. The van der Waals surface area contributed by atoms with Crippen LogP contribution in [0, 0.1) is 0 Å². The lowest BCUT2D eigenvalue weighted by atomic mass is 9.77. The molecule has 0 saturated heterocycles. The molecule has 0 aliphatic rings. The Morgan fingerprint density at radius 1 is 0.944 bits per heavy atom. The summed E-state index contributed by atoms with van der Waals surface area (Å²) in [6.45, 7) is 2.29. The van der Waals surface area contributed by atoms with Crippen molar-refractivity contribution in [1.29, 1.82) is 0 Å². The van der Waals surface area contributed by atoms with E-state index in [2.05, 4.69) is 62.8 Å². The summed E-state index contributed by atoms with van der Waals surface area (Å²) < 4.78 is 5.19. The van der Waals surface area contributed by atoms with Gasteiger partial charge in [0.2, 0.25) is 5.71 Å². The van der Waals surface area contributed by atoms with Crippen LogP contribution in [0.1, 0.15) is 29.3 Å². The lowest BCUT2D eigenvalue weighted by Gasteiger charge is -2.36. The van der Waals surface area contributed by atoms with E-state index in [9.17, 15) is 4.79 Å². The maximum absolute atomic E-state index is 12.6. The first kappa shape index (κ1) is 25.6. The molecule has 0 spiro atoms. The van der Waals surface area contributed by atoms with Crippen molar-refractivity contribution in [2.75, 3.05) is 23.9 Å².